The highest BCUT2D eigenvalue weighted by Gasteiger charge is 2.21. The van der Waals surface area contributed by atoms with E-state index in [0.29, 0.717) is 29.5 Å². The van der Waals surface area contributed by atoms with E-state index in [4.69, 9.17) is 10.5 Å². The molecule has 0 aromatic carbocycles. The first-order valence-corrected chi connectivity index (χ1v) is 7.50. The summed E-state index contributed by atoms with van der Waals surface area (Å²) >= 11 is 1.34. The molecule has 20 heavy (non-hydrogen) atoms. The first-order valence-electron chi connectivity index (χ1n) is 6.69. The molecule has 0 fully saturated rings. The van der Waals surface area contributed by atoms with Crippen LogP contribution in [0.4, 0.5) is 5.00 Å². The van der Waals surface area contributed by atoms with Gasteiger partial charge in [0.2, 0.25) is 5.91 Å². The molecule has 1 aromatic rings. The van der Waals surface area contributed by atoms with Crippen LogP contribution < -0.4 is 11.1 Å². The van der Waals surface area contributed by atoms with Crippen molar-refractivity contribution in [2.24, 2.45) is 11.7 Å². The quantitative estimate of drug-likeness (QED) is 0.791. The molecule has 0 saturated heterocycles. The van der Waals surface area contributed by atoms with Gasteiger partial charge in [0.1, 0.15) is 5.00 Å². The largest absolute Gasteiger partial charge is 0.462 e. The number of nitrogens with two attached hydrogens (primary N) is 1. The molecule has 1 heterocycles. The number of amides is 1. The van der Waals surface area contributed by atoms with Crippen LogP contribution in [0.5, 0.6) is 0 Å². The molecule has 112 valence electrons. The van der Waals surface area contributed by atoms with E-state index in [0.717, 1.165) is 4.88 Å². The van der Waals surface area contributed by atoms with E-state index >= 15 is 0 Å². The lowest BCUT2D eigenvalue weighted by Crippen LogP contribution is -2.36. The van der Waals surface area contributed by atoms with Gasteiger partial charge in [0, 0.05) is 4.88 Å². The second-order valence-corrected chi connectivity index (χ2v) is 6.30. The Bertz CT molecular complexity index is 483. The van der Waals surface area contributed by atoms with E-state index in [2.05, 4.69) is 5.32 Å². The maximum Gasteiger partial charge on any atom is 0.341 e. The molecule has 0 aliphatic carbocycles. The molecule has 6 heteroatoms. The molecular formula is C14H22N2O3S. The average Bonchev–Trinajstić information content (AvgIpc) is 2.69. The smallest absolute Gasteiger partial charge is 0.341 e. The van der Waals surface area contributed by atoms with Crippen LogP contribution in [0, 0.1) is 12.8 Å². The maximum atomic E-state index is 12.0. The Morgan fingerprint density at radius 3 is 2.65 bits per heavy atom. The Morgan fingerprint density at radius 1 is 1.45 bits per heavy atom. The maximum absolute atomic E-state index is 12.0. The number of hydrogen-bond acceptors (Lipinski definition) is 5. The first kappa shape index (κ1) is 16.7. The number of esters is 1. The summed E-state index contributed by atoms with van der Waals surface area (Å²) in [6.45, 7) is 7.93. The van der Waals surface area contributed by atoms with Crippen molar-refractivity contribution in [3.05, 3.63) is 16.5 Å². The van der Waals surface area contributed by atoms with Crippen LogP contribution in [-0.2, 0) is 9.53 Å². The van der Waals surface area contributed by atoms with Crippen molar-refractivity contribution in [3.8, 4) is 0 Å². The normalized spacial score (nSPS) is 12.3. The second kappa shape index (κ2) is 7.40. The van der Waals surface area contributed by atoms with E-state index in [-0.39, 0.29) is 5.91 Å². The van der Waals surface area contributed by atoms with Gasteiger partial charge in [-0.2, -0.15) is 0 Å². The van der Waals surface area contributed by atoms with Gasteiger partial charge in [-0.05, 0) is 32.3 Å². The van der Waals surface area contributed by atoms with Gasteiger partial charge in [-0.1, -0.05) is 13.8 Å². The van der Waals surface area contributed by atoms with Crippen LogP contribution in [0.2, 0.25) is 0 Å². The molecule has 0 spiro atoms. The molecule has 1 aromatic heterocycles. The molecule has 5 nitrogen and oxygen atoms in total. The number of aryl methyl sites for hydroxylation is 1. The monoisotopic (exact) mass is 298 g/mol. The van der Waals surface area contributed by atoms with Crippen molar-refractivity contribution in [2.45, 2.75) is 40.2 Å². The fourth-order valence-corrected chi connectivity index (χ4v) is 2.69. The third-order valence-corrected chi connectivity index (χ3v) is 3.62. The van der Waals surface area contributed by atoms with Gasteiger partial charge in [-0.25, -0.2) is 4.79 Å². The number of ether oxygens (including phenoxy) is 1. The van der Waals surface area contributed by atoms with Crippen molar-refractivity contribution in [1.82, 2.24) is 0 Å². The summed E-state index contributed by atoms with van der Waals surface area (Å²) < 4.78 is 4.97. The van der Waals surface area contributed by atoms with Crippen LogP contribution in [0.25, 0.3) is 0 Å². The van der Waals surface area contributed by atoms with Crippen molar-refractivity contribution in [1.29, 1.82) is 0 Å². The van der Waals surface area contributed by atoms with Gasteiger partial charge in [0.15, 0.2) is 0 Å². The van der Waals surface area contributed by atoms with E-state index < -0.39 is 12.0 Å². The van der Waals surface area contributed by atoms with E-state index in [9.17, 15) is 9.59 Å². The molecule has 0 aliphatic rings. The van der Waals surface area contributed by atoms with E-state index in [1.807, 2.05) is 20.8 Å². The third kappa shape index (κ3) is 4.61. The van der Waals surface area contributed by atoms with Crippen molar-refractivity contribution < 1.29 is 14.3 Å². The lowest BCUT2D eigenvalue weighted by Gasteiger charge is -2.14. The predicted octanol–water partition coefficient (Wildman–Crippen LogP) is 2.55. The van der Waals surface area contributed by atoms with Crippen LogP contribution >= 0.6 is 11.3 Å². The first-order chi connectivity index (χ1) is 9.35. The van der Waals surface area contributed by atoms with Crippen LogP contribution in [0.3, 0.4) is 0 Å². The number of thiophene rings is 1. The third-order valence-electron chi connectivity index (χ3n) is 2.65. The molecule has 1 unspecified atom stereocenters. The number of carbonyl (C=O) groups excluding carboxylic acids is 2. The Hall–Kier alpha value is -1.40. The minimum absolute atomic E-state index is 0.272. The fourth-order valence-electron chi connectivity index (χ4n) is 1.79. The lowest BCUT2D eigenvalue weighted by atomic mass is 10.0. The molecule has 3 N–H and O–H groups in total. The van der Waals surface area contributed by atoms with Gasteiger partial charge in [0.05, 0.1) is 18.2 Å². The molecular weight excluding hydrogens is 276 g/mol. The summed E-state index contributed by atoms with van der Waals surface area (Å²) in [5.41, 5.74) is 6.22. The van der Waals surface area contributed by atoms with Gasteiger partial charge in [0.25, 0.3) is 0 Å². The molecule has 1 rings (SSSR count). The van der Waals surface area contributed by atoms with Gasteiger partial charge < -0.3 is 15.8 Å². The lowest BCUT2D eigenvalue weighted by molar-refractivity contribution is -0.117. The Balaban J connectivity index is 2.81. The highest BCUT2D eigenvalue weighted by atomic mass is 32.1. The predicted molar refractivity (Wildman–Crippen MR) is 81.1 cm³/mol. The topological polar surface area (TPSA) is 81.4 Å². The van der Waals surface area contributed by atoms with Gasteiger partial charge in [-0.3, -0.25) is 4.79 Å². The van der Waals surface area contributed by atoms with Gasteiger partial charge >= 0.3 is 5.97 Å². The zero-order chi connectivity index (χ0) is 15.3. The summed E-state index contributed by atoms with van der Waals surface area (Å²) in [5.74, 6) is -0.360. The summed E-state index contributed by atoms with van der Waals surface area (Å²) in [6.07, 6.45) is 0.602. The summed E-state index contributed by atoms with van der Waals surface area (Å²) in [6, 6.07) is 1.14. The molecule has 0 bridgehead atoms. The number of rotatable bonds is 6. The van der Waals surface area contributed by atoms with Crippen LogP contribution in [-0.4, -0.2) is 24.5 Å². The molecule has 0 saturated carbocycles. The SMILES string of the molecule is CCOC(=O)c1cc(C)sc1NC(=O)C(N)CC(C)C. The fraction of sp³-hybridized carbons (Fsp3) is 0.571. The van der Waals surface area contributed by atoms with Crippen LogP contribution in [0.1, 0.15) is 42.4 Å². The second-order valence-electron chi connectivity index (χ2n) is 5.05. The number of nitrogens with one attached hydrogen (secondary N) is 1. The Morgan fingerprint density at radius 2 is 2.10 bits per heavy atom. The van der Waals surface area contributed by atoms with Crippen LogP contribution in [0.15, 0.2) is 6.07 Å². The zero-order valence-corrected chi connectivity index (χ0v) is 13.2. The van der Waals surface area contributed by atoms with Crippen molar-refractivity contribution >= 4 is 28.2 Å². The molecule has 0 aliphatic heterocycles. The van der Waals surface area contributed by atoms with Crippen molar-refractivity contribution in [2.75, 3.05) is 11.9 Å². The molecule has 0 radical (unpaired) electrons. The minimum atomic E-state index is -0.576. The van der Waals surface area contributed by atoms with E-state index in [1.165, 1.54) is 11.3 Å². The van der Waals surface area contributed by atoms with E-state index in [1.54, 1.807) is 13.0 Å². The van der Waals surface area contributed by atoms with Crippen molar-refractivity contribution in [3.63, 3.8) is 0 Å². The highest BCUT2D eigenvalue weighted by molar-refractivity contribution is 7.16. The number of hydrogen-bond donors (Lipinski definition) is 2. The molecule has 1 amide bonds. The summed E-state index contributed by atoms with van der Waals surface area (Å²) in [4.78, 5) is 24.7. The zero-order valence-electron chi connectivity index (χ0n) is 12.4. The minimum Gasteiger partial charge on any atom is -0.462 e. The Kier molecular flexibility index (Phi) is 6.16. The average molecular weight is 298 g/mol. The molecule has 1 atom stereocenters. The van der Waals surface area contributed by atoms with Gasteiger partial charge in [-0.15, -0.1) is 11.3 Å². The summed E-state index contributed by atoms with van der Waals surface area (Å²) in [5, 5.41) is 3.23. The highest BCUT2D eigenvalue weighted by Crippen LogP contribution is 2.28. The number of anilines is 1. The standard InChI is InChI=1S/C14H22N2O3S/c1-5-19-14(18)10-7-9(4)20-13(10)16-12(17)11(15)6-8(2)3/h7-8,11H,5-6,15H2,1-4H3,(H,16,17). The number of carbonyl (C=O) groups is 2. The summed E-state index contributed by atoms with van der Waals surface area (Å²) in [7, 11) is 0. The Labute approximate surface area is 123 Å².